The predicted molar refractivity (Wildman–Crippen MR) is 151 cm³/mol. The van der Waals surface area contributed by atoms with Crippen molar-refractivity contribution < 1.29 is 13.9 Å². The Morgan fingerprint density at radius 1 is 1.23 bits per heavy atom. The first-order valence-corrected chi connectivity index (χ1v) is 12.9. The highest BCUT2D eigenvalue weighted by atomic mass is 32.1. The van der Waals surface area contributed by atoms with Crippen LogP contribution in [0.1, 0.15) is 24.1 Å². The molecule has 1 aliphatic rings. The highest BCUT2D eigenvalue weighted by Crippen LogP contribution is 2.45. The number of halogens is 1. The van der Waals surface area contributed by atoms with Crippen LogP contribution in [0.15, 0.2) is 36.5 Å². The number of anilines is 3. The summed E-state index contributed by atoms with van der Waals surface area (Å²) in [6.45, 7) is 1.91. The van der Waals surface area contributed by atoms with Crippen molar-refractivity contribution in [2.75, 3.05) is 30.1 Å². The summed E-state index contributed by atoms with van der Waals surface area (Å²) in [5.74, 6) is 2.71. The summed E-state index contributed by atoms with van der Waals surface area (Å²) < 4.78 is 28.8. The number of hydrogen-bond donors (Lipinski definition) is 2. The fourth-order valence-corrected chi connectivity index (χ4v) is 5.99. The third kappa shape index (κ3) is 3.69. The lowest BCUT2D eigenvalue weighted by Crippen LogP contribution is -2.40. The summed E-state index contributed by atoms with van der Waals surface area (Å²) in [5.41, 5.74) is 13.5. The molecule has 0 radical (unpaired) electrons. The first kappa shape index (κ1) is 25.1. The highest BCUT2D eigenvalue weighted by molar-refractivity contribution is 7.23. The molecule has 5 heterocycles. The first-order chi connectivity index (χ1) is 19.4. The molecular formula is C28H21FN8O2S. The van der Waals surface area contributed by atoms with Gasteiger partial charge in [-0.3, -0.25) is 0 Å². The van der Waals surface area contributed by atoms with Gasteiger partial charge in [-0.25, -0.2) is 14.4 Å². The zero-order valence-corrected chi connectivity index (χ0v) is 22.2. The van der Waals surface area contributed by atoms with Crippen molar-refractivity contribution in [1.82, 2.24) is 19.9 Å². The summed E-state index contributed by atoms with van der Waals surface area (Å²) in [7, 11) is 1.39. The molecule has 0 bridgehead atoms. The van der Waals surface area contributed by atoms with Crippen LogP contribution in [0.2, 0.25) is 0 Å². The number of methoxy groups -OCH3 is 1. The van der Waals surface area contributed by atoms with E-state index in [0.29, 0.717) is 27.3 Å². The van der Waals surface area contributed by atoms with Crippen molar-refractivity contribution in [3.05, 3.63) is 53.5 Å². The first-order valence-electron chi connectivity index (χ1n) is 12.1. The van der Waals surface area contributed by atoms with Gasteiger partial charge in [-0.2, -0.15) is 15.2 Å². The van der Waals surface area contributed by atoms with Gasteiger partial charge in [0.1, 0.15) is 46.1 Å². The minimum absolute atomic E-state index is 0.0197. The average molecular weight is 553 g/mol. The molecule has 2 unspecified atom stereocenters. The summed E-state index contributed by atoms with van der Waals surface area (Å²) in [5, 5.41) is 10.9. The Morgan fingerprint density at radius 3 is 2.77 bits per heavy atom. The van der Waals surface area contributed by atoms with Gasteiger partial charge in [0.05, 0.1) is 18.7 Å². The number of hydrogen-bond acceptors (Lipinski definition) is 11. The number of benzene rings is 1. The summed E-state index contributed by atoms with van der Waals surface area (Å²) in [6, 6.07) is 9.84. The topological polar surface area (TPSA) is 149 Å². The number of fused-ring (bicyclic) bond motifs is 1. The molecule has 1 aliphatic heterocycles. The van der Waals surface area contributed by atoms with Crippen molar-refractivity contribution in [2.45, 2.75) is 19.0 Å². The van der Waals surface area contributed by atoms with E-state index in [2.05, 4.69) is 31.9 Å². The van der Waals surface area contributed by atoms with Gasteiger partial charge in [-0.1, -0.05) is 24.1 Å². The molecule has 10 nitrogen and oxygen atoms in total. The van der Waals surface area contributed by atoms with Crippen LogP contribution in [0.4, 0.5) is 21.0 Å². The molecule has 4 aromatic heterocycles. The van der Waals surface area contributed by atoms with Gasteiger partial charge in [0.2, 0.25) is 5.88 Å². The molecule has 1 aromatic carbocycles. The fourth-order valence-electron chi connectivity index (χ4n) is 5.04. The van der Waals surface area contributed by atoms with E-state index in [9.17, 15) is 5.26 Å². The number of rotatable bonds is 4. The molecule has 0 spiro atoms. The van der Waals surface area contributed by atoms with Crippen LogP contribution in [-0.2, 0) is 0 Å². The standard InChI is InChI=1S/C28H21FN8O2S/c1-4-14-12-39-27-20-23(21(29)22(34-27)16-7-5-9-18-19(16)17(11-30)25(32)40-18)35-28(38-3)36-26(20)37(14)13(2)15-8-6-10-33-24(15)31/h1,5-10,13-14H,12,32H2,2-3H3,(H2,31,33). The molecule has 198 valence electrons. The zero-order valence-electron chi connectivity index (χ0n) is 21.3. The van der Waals surface area contributed by atoms with Crippen molar-refractivity contribution in [1.29, 1.82) is 5.26 Å². The van der Waals surface area contributed by atoms with Gasteiger partial charge in [0, 0.05) is 27.4 Å². The molecule has 6 rings (SSSR count). The van der Waals surface area contributed by atoms with Crippen molar-refractivity contribution >= 4 is 49.0 Å². The van der Waals surface area contributed by atoms with Gasteiger partial charge in [-0.05, 0) is 19.1 Å². The van der Waals surface area contributed by atoms with E-state index in [1.807, 2.05) is 24.0 Å². The monoisotopic (exact) mass is 552 g/mol. The molecule has 40 heavy (non-hydrogen) atoms. The minimum atomic E-state index is -0.738. The number of nitrogens with zero attached hydrogens (tertiary/aromatic N) is 6. The van der Waals surface area contributed by atoms with Gasteiger partial charge >= 0.3 is 6.01 Å². The van der Waals surface area contributed by atoms with Crippen LogP contribution in [-0.4, -0.2) is 39.7 Å². The molecule has 0 saturated heterocycles. The minimum Gasteiger partial charge on any atom is -0.474 e. The molecule has 2 atom stereocenters. The normalized spacial score (nSPS) is 15.2. The van der Waals surface area contributed by atoms with Gasteiger partial charge in [-0.15, -0.1) is 17.8 Å². The largest absolute Gasteiger partial charge is 0.474 e. The number of pyridine rings is 2. The Bertz CT molecular complexity index is 1910. The number of thiophene rings is 1. The molecule has 0 saturated carbocycles. The number of terminal acetylenes is 1. The molecule has 0 fully saturated rings. The van der Waals surface area contributed by atoms with Crippen LogP contribution in [0.25, 0.3) is 32.2 Å². The Morgan fingerprint density at radius 2 is 2.05 bits per heavy atom. The molecule has 0 amide bonds. The second-order valence-electron chi connectivity index (χ2n) is 9.02. The van der Waals surface area contributed by atoms with Crippen molar-refractivity contribution in [3.8, 4) is 41.6 Å². The van der Waals surface area contributed by atoms with Crippen LogP contribution >= 0.6 is 11.3 Å². The van der Waals surface area contributed by atoms with E-state index in [1.54, 1.807) is 24.4 Å². The van der Waals surface area contributed by atoms with E-state index in [1.165, 1.54) is 18.4 Å². The molecular weight excluding hydrogens is 531 g/mol. The maximum absolute atomic E-state index is 16.5. The van der Waals surface area contributed by atoms with E-state index >= 15 is 4.39 Å². The van der Waals surface area contributed by atoms with Crippen LogP contribution < -0.4 is 25.8 Å². The molecule has 12 heteroatoms. The Hall–Kier alpha value is -5.20. The van der Waals surface area contributed by atoms with Crippen molar-refractivity contribution in [2.24, 2.45) is 0 Å². The van der Waals surface area contributed by atoms with Gasteiger partial charge < -0.3 is 25.8 Å². The second-order valence-corrected chi connectivity index (χ2v) is 10.1. The second kappa shape index (κ2) is 9.52. The van der Waals surface area contributed by atoms with Crippen LogP contribution in [0.3, 0.4) is 0 Å². The van der Waals surface area contributed by atoms with Crippen LogP contribution in [0.5, 0.6) is 11.9 Å². The van der Waals surface area contributed by atoms with E-state index < -0.39 is 17.9 Å². The third-order valence-electron chi connectivity index (χ3n) is 6.89. The SMILES string of the molecule is C#CC1COc2nc(-c3cccc4sc(N)c(C#N)c34)c(F)c3nc(OC)nc(c23)N1C(C)c1cccnc1N. The summed E-state index contributed by atoms with van der Waals surface area (Å²) in [6.07, 6.45) is 7.56. The molecule has 5 aromatic rings. The number of aromatic nitrogens is 4. The Balaban J connectivity index is 1.67. The van der Waals surface area contributed by atoms with Gasteiger partial charge in [0.25, 0.3) is 0 Å². The van der Waals surface area contributed by atoms with E-state index in [4.69, 9.17) is 27.4 Å². The number of nitrogen functional groups attached to an aromatic ring is 2. The zero-order chi connectivity index (χ0) is 28.1. The fraction of sp³-hybridized carbons (Fsp3) is 0.179. The summed E-state index contributed by atoms with van der Waals surface area (Å²) >= 11 is 1.24. The highest BCUT2D eigenvalue weighted by Gasteiger charge is 2.35. The predicted octanol–water partition coefficient (Wildman–Crippen LogP) is 4.45. The van der Waals surface area contributed by atoms with Gasteiger partial charge in [0.15, 0.2) is 11.6 Å². The number of nitrogens with two attached hydrogens (primary N) is 2. The van der Waals surface area contributed by atoms with E-state index in [-0.39, 0.29) is 46.5 Å². The maximum Gasteiger partial charge on any atom is 0.318 e. The maximum atomic E-state index is 16.5. The van der Waals surface area contributed by atoms with Crippen molar-refractivity contribution in [3.63, 3.8) is 0 Å². The Kier molecular flexibility index (Phi) is 5.97. The average Bonchev–Trinajstić information content (AvgIpc) is 3.21. The smallest absolute Gasteiger partial charge is 0.318 e. The Labute approximate surface area is 232 Å². The number of nitriles is 1. The quantitative estimate of drug-likeness (QED) is 0.306. The molecule has 0 aliphatic carbocycles. The van der Waals surface area contributed by atoms with E-state index in [0.717, 1.165) is 4.70 Å². The summed E-state index contributed by atoms with van der Waals surface area (Å²) in [4.78, 5) is 19.6. The lowest BCUT2D eigenvalue weighted by atomic mass is 10.0. The molecule has 4 N–H and O–H groups in total. The lowest BCUT2D eigenvalue weighted by Gasteiger charge is -2.34. The lowest BCUT2D eigenvalue weighted by molar-refractivity contribution is 0.296. The third-order valence-corrected chi connectivity index (χ3v) is 7.88. The number of ether oxygens (including phenoxy) is 2. The van der Waals surface area contributed by atoms with Crippen LogP contribution in [0, 0.1) is 29.5 Å².